The van der Waals surface area contributed by atoms with Crippen molar-refractivity contribution in [2.75, 3.05) is 6.26 Å². The first-order valence-electron chi connectivity index (χ1n) is 7.62. The van der Waals surface area contributed by atoms with Gasteiger partial charge in [0.05, 0.1) is 15.9 Å². The molecule has 9 heteroatoms. The molecule has 0 spiro atoms. The molecule has 0 aliphatic heterocycles. The van der Waals surface area contributed by atoms with E-state index in [-0.39, 0.29) is 16.3 Å². The molecule has 1 aromatic heterocycles. The van der Waals surface area contributed by atoms with Crippen LogP contribution in [0.15, 0.2) is 65.7 Å². The average Bonchev–Trinajstić information content (AvgIpc) is 2.61. The number of halogens is 1. The Morgan fingerprint density at radius 2 is 1.70 bits per heavy atom. The molecule has 3 rings (SSSR count). The minimum absolute atomic E-state index is 0.127. The molecule has 0 aliphatic rings. The van der Waals surface area contributed by atoms with Gasteiger partial charge in [-0.3, -0.25) is 10.1 Å². The zero-order valence-corrected chi connectivity index (χ0v) is 14.8. The normalized spacial score (nSPS) is 11.2. The highest BCUT2D eigenvalue weighted by molar-refractivity contribution is 7.90. The fourth-order valence-electron chi connectivity index (χ4n) is 2.39. The van der Waals surface area contributed by atoms with E-state index in [4.69, 9.17) is 4.74 Å². The number of pyridine rings is 1. The van der Waals surface area contributed by atoms with Crippen LogP contribution in [0.5, 0.6) is 11.5 Å². The van der Waals surface area contributed by atoms with Gasteiger partial charge in [-0.15, -0.1) is 0 Å². The molecule has 0 amide bonds. The van der Waals surface area contributed by atoms with Crippen molar-refractivity contribution in [2.45, 2.75) is 4.90 Å². The summed E-state index contributed by atoms with van der Waals surface area (Å²) in [5, 5.41) is 11.2. The molecule has 1 heterocycles. The molecule has 0 fully saturated rings. The van der Waals surface area contributed by atoms with Crippen LogP contribution < -0.4 is 4.74 Å². The molecule has 0 saturated heterocycles. The Labute approximate surface area is 154 Å². The third kappa shape index (κ3) is 4.45. The summed E-state index contributed by atoms with van der Waals surface area (Å²) in [5.41, 5.74) is 0.559. The van der Waals surface area contributed by atoms with Crippen LogP contribution in [0.1, 0.15) is 0 Å². The van der Waals surface area contributed by atoms with Crippen LogP contribution >= 0.6 is 0 Å². The first kappa shape index (κ1) is 18.5. The molecule has 3 aromatic rings. The van der Waals surface area contributed by atoms with Crippen LogP contribution in [0.4, 0.5) is 10.1 Å². The summed E-state index contributed by atoms with van der Waals surface area (Å²) in [4.78, 5) is 14.2. The highest BCUT2D eigenvalue weighted by atomic mass is 32.2. The maximum absolute atomic E-state index is 13.4. The van der Waals surface area contributed by atoms with Crippen molar-refractivity contribution in [1.29, 1.82) is 0 Å². The van der Waals surface area contributed by atoms with E-state index in [0.717, 1.165) is 12.3 Å². The van der Waals surface area contributed by atoms with Gasteiger partial charge in [0.15, 0.2) is 9.84 Å². The molecular formula is C18H13FN2O5S. The number of nitrogens with zero attached hydrogens (tertiary/aromatic N) is 2. The second kappa shape index (κ2) is 7.12. The Balaban J connectivity index is 1.98. The first-order valence-corrected chi connectivity index (χ1v) is 9.51. The maximum atomic E-state index is 13.4. The summed E-state index contributed by atoms with van der Waals surface area (Å²) in [6, 6.07) is 12.4. The largest absolute Gasteiger partial charge is 0.457 e. The Morgan fingerprint density at radius 1 is 1.00 bits per heavy atom. The molecule has 0 radical (unpaired) electrons. The second-order valence-electron chi connectivity index (χ2n) is 5.69. The van der Waals surface area contributed by atoms with Gasteiger partial charge in [0, 0.05) is 24.6 Å². The number of hydrogen-bond acceptors (Lipinski definition) is 6. The minimum atomic E-state index is -3.34. The number of rotatable bonds is 5. The predicted molar refractivity (Wildman–Crippen MR) is 95.9 cm³/mol. The Bertz CT molecular complexity index is 1110. The van der Waals surface area contributed by atoms with Crippen molar-refractivity contribution in [2.24, 2.45) is 0 Å². The Kier molecular flexibility index (Phi) is 4.87. The minimum Gasteiger partial charge on any atom is -0.457 e. The summed E-state index contributed by atoms with van der Waals surface area (Å²) >= 11 is 0. The van der Waals surface area contributed by atoms with E-state index >= 15 is 0 Å². The topological polar surface area (TPSA) is 99.4 Å². The van der Waals surface area contributed by atoms with Gasteiger partial charge in [0.1, 0.15) is 11.5 Å². The highest BCUT2D eigenvalue weighted by Crippen LogP contribution is 2.32. The van der Waals surface area contributed by atoms with Crippen LogP contribution in [0.3, 0.4) is 0 Å². The van der Waals surface area contributed by atoms with Gasteiger partial charge in [-0.25, -0.2) is 13.4 Å². The van der Waals surface area contributed by atoms with E-state index in [1.807, 2.05) is 0 Å². The number of benzene rings is 2. The van der Waals surface area contributed by atoms with Crippen LogP contribution in [-0.4, -0.2) is 24.6 Å². The lowest BCUT2D eigenvalue weighted by atomic mass is 10.1. The van der Waals surface area contributed by atoms with Crippen LogP contribution in [0.25, 0.3) is 11.1 Å². The van der Waals surface area contributed by atoms with Gasteiger partial charge in [-0.05, 0) is 47.5 Å². The molecule has 0 saturated carbocycles. The second-order valence-corrected chi connectivity index (χ2v) is 7.70. The molecule has 0 atom stereocenters. The fraction of sp³-hybridized carbons (Fsp3) is 0.0556. The van der Waals surface area contributed by atoms with E-state index in [0.29, 0.717) is 16.9 Å². The summed E-state index contributed by atoms with van der Waals surface area (Å²) in [5.74, 6) is -0.254. The van der Waals surface area contributed by atoms with Crippen LogP contribution in [0.2, 0.25) is 0 Å². The van der Waals surface area contributed by atoms with Gasteiger partial charge in [0.25, 0.3) is 5.69 Å². The lowest BCUT2D eigenvalue weighted by Crippen LogP contribution is -1.96. The van der Waals surface area contributed by atoms with Crippen molar-refractivity contribution in [3.05, 3.63) is 76.9 Å². The van der Waals surface area contributed by atoms with Crippen LogP contribution in [-0.2, 0) is 9.84 Å². The Hall–Kier alpha value is -3.33. The van der Waals surface area contributed by atoms with Crippen molar-refractivity contribution >= 4 is 15.5 Å². The van der Waals surface area contributed by atoms with E-state index in [1.54, 1.807) is 0 Å². The number of aromatic nitrogens is 1. The van der Waals surface area contributed by atoms with E-state index in [2.05, 4.69) is 4.98 Å². The third-order valence-electron chi connectivity index (χ3n) is 3.65. The molecule has 138 valence electrons. The van der Waals surface area contributed by atoms with Crippen molar-refractivity contribution < 1.29 is 22.5 Å². The third-order valence-corrected chi connectivity index (χ3v) is 4.78. The van der Waals surface area contributed by atoms with E-state index in [1.165, 1.54) is 54.7 Å². The molecular weight excluding hydrogens is 375 g/mol. The van der Waals surface area contributed by atoms with Crippen LogP contribution in [0, 0.1) is 16.1 Å². The van der Waals surface area contributed by atoms with Gasteiger partial charge >= 0.3 is 0 Å². The average molecular weight is 388 g/mol. The number of non-ortho nitro benzene ring substituents is 1. The molecule has 2 aromatic carbocycles. The molecule has 0 unspecified atom stereocenters. The van der Waals surface area contributed by atoms with Crippen molar-refractivity contribution in [3.8, 4) is 22.6 Å². The SMILES string of the molecule is CS(=O)(=O)c1ccc(Oc2cc(-c3ccnc(F)c3)cc([N+](=O)[O-])c2)cc1. The molecule has 0 bridgehead atoms. The highest BCUT2D eigenvalue weighted by Gasteiger charge is 2.14. The van der Waals surface area contributed by atoms with Gasteiger partial charge in [0.2, 0.25) is 5.95 Å². The van der Waals surface area contributed by atoms with Crippen molar-refractivity contribution in [3.63, 3.8) is 0 Å². The van der Waals surface area contributed by atoms with Gasteiger partial charge in [-0.2, -0.15) is 4.39 Å². The Morgan fingerprint density at radius 3 is 2.30 bits per heavy atom. The summed E-state index contributed by atoms with van der Waals surface area (Å²) in [6.07, 6.45) is 2.34. The maximum Gasteiger partial charge on any atom is 0.273 e. The van der Waals surface area contributed by atoms with Gasteiger partial charge in [-0.1, -0.05) is 0 Å². The van der Waals surface area contributed by atoms with E-state index in [9.17, 15) is 22.9 Å². The number of ether oxygens (including phenoxy) is 1. The smallest absolute Gasteiger partial charge is 0.273 e. The summed E-state index contributed by atoms with van der Waals surface area (Å²) in [6.45, 7) is 0. The van der Waals surface area contributed by atoms with Gasteiger partial charge < -0.3 is 4.74 Å². The zero-order valence-electron chi connectivity index (χ0n) is 14.0. The monoisotopic (exact) mass is 388 g/mol. The lowest BCUT2D eigenvalue weighted by molar-refractivity contribution is -0.384. The van der Waals surface area contributed by atoms with E-state index < -0.39 is 20.7 Å². The quantitative estimate of drug-likeness (QED) is 0.372. The molecule has 7 nitrogen and oxygen atoms in total. The number of sulfone groups is 1. The zero-order chi connectivity index (χ0) is 19.6. The number of nitro groups is 1. The molecule has 0 N–H and O–H groups in total. The van der Waals surface area contributed by atoms with Crippen molar-refractivity contribution in [1.82, 2.24) is 4.98 Å². The lowest BCUT2D eigenvalue weighted by Gasteiger charge is -2.09. The molecule has 27 heavy (non-hydrogen) atoms. The standard InChI is InChI=1S/C18H13FN2O5S/c1-27(24,25)17-4-2-15(3-5-17)26-16-9-13(8-14(11-16)21(22)23)12-6-7-20-18(19)10-12/h2-11H,1H3. The fourth-order valence-corrected chi connectivity index (χ4v) is 3.02. The summed E-state index contributed by atoms with van der Waals surface area (Å²) in [7, 11) is -3.34. The first-order chi connectivity index (χ1) is 12.7. The number of hydrogen-bond donors (Lipinski definition) is 0. The molecule has 0 aliphatic carbocycles. The summed E-state index contributed by atoms with van der Waals surface area (Å²) < 4.78 is 42.0. The predicted octanol–water partition coefficient (Wildman–Crippen LogP) is 3.99. The number of nitro benzene ring substituents is 1.